The van der Waals surface area contributed by atoms with Crippen molar-refractivity contribution in [3.05, 3.63) is 334 Å². The van der Waals surface area contributed by atoms with E-state index < -0.39 is 41.5 Å². The smallest absolute Gasteiger partial charge is 0.265 e. The number of hydrogen-bond acceptors (Lipinski definition) is 21. The van der Waals surface area contributed by atoms with Crippen LogP contribution in [0.2, 0.25) is 15.1 Å². The maximum absolute atomic E-state index is 14.1. The van der Waals surface area contributed by atoms with Crippen LogP contribution >= 0.6 is 34.8 Å². The lowest BCUT2D eigenvalue weighted by Crippen LogP contribution is -2.30. The molecule has 1 N–H and O–H groups in total. The molecule has 17 aromatic rings. The molecule has 640 valence electrons. The van der Waals surface area contributed by atoms with Gasteiger partial charge in [-0.05, 0) is 190 Å². The second-order valence-electron chi connectivity index (χ2n) is 28.3. The summed E-state index contributed by atoms with van der Waals surface area (Å²) in [5, 5.41) is 26.4. The quantitative estimate of drug-likeness (QED) is 0.0550. The third kappa shape index (κ3) is 18.5. The Kier molecular flexibility index (Phi) is 25.7. The minimum atomic E-state index is -4.21. The summed E-state index contributed by atoms with van der Waals surface area (Å²) in [6.07, 6.45) is 8.20. The third-order valence-corrected chi connectivity index (χ3v) is 26.7. The largest absolute Gasteiger partial charge is 0.506 e. The number of rotatable bonds is 24. The molecule has 0 aliphatic rings. The minimum Gasteiger partial charge on any atom is -0.506 e. The van der Waals surface area contributed by atoms with E-state index in [4.69, 9.17) is 78.6 Å². The summed E-state index contributed by atoms with van der Waals surface area (Å²) >= 11 is 20.0. The number of nitrogens with zero attached hydrogens (tertiary/aromatic N) is 9. The Morgan fingerprint density at radius 3 is 1.19 bits per heavy atom. The molecule has 24 nitrogen and oxygen atoms in total. The van der Waals surface area contributed by atoms with Gasteiger partial charge >= 0.3 is 0 Å². The molecule has 0 saturated carbocycles. The molecule has 6 heterocycles. The van der Waals surface area contributed by atoms with E-state index in [1.807, 2.05) is 6.92 Å². The van der Waals surface area contributed by atoms with Crippen molar-refractivity contribution in [1.29, 1.82) is 0 Å². The summed E-state index contributed by atoms with van der Waals surface area (Å²) in [6, 6.07) is 60.7. The first kappa shape index (κ1) is 87.6. The number of sulfonamides is 2. The van der Waals surface area contributed by atoms with Gasteiger partial charge in [0.1, 0.15) is 76.5 Å². The molecular formula is C94H69Cl3F3N9O15S3. The van der Waals surface area contributed by atoms with Crippen LogP contribution in [0.1, 0.15) is 22.4 Å². The van der Waals surface area contributed by atoms with Crippen LogP contribution < -0.4 is 32.3 Å². The standard InChI is InChI=1S/C34H27ClFN3O5S.C33H25ClFN3O6S.C27H17ClFN3O4S/c1-21-19-37-34(30-17-31(35)29(18-32(30)43-3)23-5-4-6-24(36)15-23)27-12-11-26(16-28(21)27)45(40,41)39(33-13-14-44-38-33)20-22-7-9-25(42-2)10-8-22;1-42-23-8-6-20(7-9-23)19-38(32-12-13-44-37-32)45(40,41)24-10-11-25-27(15-24)30(39)18-36-33(25)28-16-29(34)26(17-31(28)43-2)21-4-3-5-22(35)14-21;1-30-25-14-31-27(20-7-6-19(11-22(20)25)37(33,34)15-18-8-9-36-32-18)23-12-24(28)21(13-26(23)35-2)16-4-3-5-17(29)10-16/h4-19H,20H2,1-3H3;3-18,39H,19H2,1-2H3;3-14H,15H2,2H3. The number of halogens is 6. The van der Waals surface area contributed by atoms with E-state index in [0.29, 0.717) is 143 Å². The van der Waals surface area contributed by atoms with Crippen LogP contribution in [0.3, 0.4) is 0 Å². The molecule has 17 rings (SSSR count). The molecule has 0 aliphatic heterocycles. The van der Waals surface area contributed by atoms with Gasteiger partial charge in [-0.25, -0.2) is 51.9 Å². The van der Waals surface area contributed by atoms with Crippen molar-refractivity contribution in [1.82, 2.24) is 30.4 Å². The fourth-order valence-electron chi connectivity index (χ4n) is 14.3. The van der Waals surface area contributed by atoms with E-state index in [2.05, 4.69) is 35.3 Å². The topological polar surface area (TPSA) is 296 Å². The fourth-order valence-corrected chi connectivity index (χ4v) is 19.2. The Morgan fingerprint density at radius 1 is 0.409 bits per heavy atom. The molecule has 0 unspecified atom stereocenters. The van der Waals surface area contributed by atoms with Crippen LogP contribution in [-0.2, 0) is 48.7 Å². The lowest BCUT2D eigenvalue weighted by molar-refractivity contribution is 0.413. The minimum absolute atomic E-state index is 0.0187. The Bertz CT molecular complexity index is 7130. The molecule has 0 radical (unpaired) electrons. The predicted octanol–water partition coefficient (Wildman–Crippen LogP) is 22.4. The average Bonchev–Trinajstić information content (AvgIpc) is 1.28. The Hall–Kier alpha value is -14.3. The van der Waals surface area contributed by atoms with Gasteiger partial charge in [-0.15, -0.1) is 0 Å². The van der Waals surface area contributed by atoms with Crippen LogP contribution in [0.25, 0.3) is 104 Å². The van der Waals surface area contributed by atoms with Gasteiger partial charge in [0.2, 0.25) is 5.69 Å². The van der Waals surface area contributed by atoms with Crippen molar-refractivity contribution >= 4 is 114 Å². The molecule has 0 spiro atoms. The van der Waals surface area contributed by atoms with E-state index in [0.717, 1.165) is 15.4 Å². The zero-order valence-corrected chi connectivity index (χ0v) is 72.4. The summed E-state index contributed by atoms with van der Waals surface area (Å²) in [5.41, 5.74) is 9.17. The van der Waals surface area contributed by atoms with Crippen molar-refractivity contribution in [2.24, 2.45) is 0 Å². The van der Waals surface area contributed by atoms with Crippen LogP contribution in [0.15, 0.2) is 296 Å². The first-order valence-electron chi connectivity index (χ1n) is 38.2. The molecule has 0 amide bonds. The highest BCUT2D eigenvalue weighted by Gasteiger charge is 2.32. The van der Waals surface area contributed by atoms with Crippen molar-refractivity contribution in [3.63, 3.8) is 0 Å². The first-order chi connectivity index (χ1) is 61.2. The Morgan fingerprint density at radius 2 is 0.795 bits per heavy atom. The zero-order valence-electron chi connectivity index (χ0n) is 67.7. The lowest BCUT2D eigenvalue weighted by atomic mass is 9.97. The van der Waals surface area contributed by atoms with Gasteiger partial charge in [0, 0.05) is 95.2 Å². The van der Waals surface area contributed by atoms with Crippen LogP contribution in [-0.4, -0.2) is 96.3 Å². The number of pyridine rings is 3. The monoisotopic (exact) mass is 1820 g/mol. The number of aromatic nitrogens is 6. The second-order valence-corrected chi connectivity index (χ2v) is 35.3. The van der Waals surface area contributed by atoms with E-state index >= 15 is 0 Å². The molecule has 33 heteroatoms. The van der Waals surface area contributed by atoms with Crippen LogP contribution in [0.5, 0.6) is 34.5 Å². The van der Waals surface area contributed by atoms with Gasteiger partial charge in [-0.2, -0.15) is 0 Å². The van der Waals surface area contributed by atoms with E-state index in [1.54, 1.807) is 172 Å². The summed E-state index contributed by atoms with van der Waals surface area (Å²) in [6.45, 7) is 9.41. The zero-order chi connectivity index (χ0) is 89.6. The molecule has 0 fully saturated rings. The van der Waals surface area contributed by atoms with Gasteiger partial charge in [-0.3, -0.25) is 15.0 Å². The maximum atomic E-state index is 14.1. The summed E-state index contributed by atoms with van der Waals surface area (Å²) in [7, 11) is -4.45. The van der Waals surface area contributed by atoms with Gasteiger partial charge in [0.15, 0.2) is 21.5 Å². The van der Waals surface area contributed by atoms with Crippen molar-refractivity contribution in [2.45, 2.75) is 40.5 Å². The number of anilines is 2. The van der Waals surface area contributed by atoms with Crippen LogP contribution in [0.4, 0.5) is 30.5 Å². The molecule has 0 aliphatic carbocycles. The molecule has 0 atom stereocenters. The fraction of sp³-hybridized carbons (Fsp3) is 0.0957. The Labute approximate surface area is 740 Å². The average molecular weight is 1820 g/mol. The van der Waals surface area contributed by atoms with Gasteiger partial charge < -0.3 is 42.4 Å². The number of hydrogen-bond donors (Lipinski definition) is 1. The van der Waals surface area contributed by atoms with Gasteiger partial charge in [-0.1, -0.05) is 129 Å². The highest BCUT2D eigenvalue weighted by molar-refractivity contribution is 7.93. The second kappa shape index (κ2) is 37.2. The Balaban J connectivity index is 0.000000148. The predicted molar refractivity (Wildman–Crippen MR) is 478 cm³/mol. The van der Waals surface area contributed by atoms with Crippen molar-refractivity contribution < 1.29 is 80.8 Å². The number of benzene rings is 11. The molecule has 11 aromatic carbocycles. The molecule has 0 saturated heterocycles. The first-order valence-corrected chi connectivity index (χ1v) is 43.8. The third-order valence-electron chi connectivity index (χ3n) is 20.6. The summed E-state index contributed by atoms with van der Waals surface area (Å²) in [4.78, 5) is 17.2. The van der Waals surface area contributed by atoms with Crippen molar-refractivity contribution in [3.8, 4) is 102 Å². The number of aryl methyl sites for hydroxylation is 1. The van der Waals surface area contributed by atoms with Crippen LogP contribution in [0, 0.1) is 30.9 Å². The van der Waals surface area contributed by atoms with Gasteiger partial charge in [0.25, 0.3) is 20.0 Å². The summed E-state index contributed by atoms with van der Waals surface area (Å²) in [5.74, 6) is 1.07. The van der Waals surface area contributed by atoms with Crippen molar-refractivity contribution in [2.75, 3.05) is 44.2 Å². The van der Waals surface area contributed by atoms with E-state index in [9.17, 15) is 43.5 Å². The highest BCUT2D eigenvalue weighted by Crippen LogP contribution is 2.48. The molecule has 0 bridgehead atoms. The SMILES string of the molecule is COc1ccc(CN(c2ccon2)S(=O)(=O)c2ccc3c(-c4cc(Cl)c(-c5cccc(F)c5)cc4OC)ncc(C)c3c2)cc1.COc1ccc(CN(c2ccon2)S(=O)(=O)c2ccc3c(-c4cc(Cl)c(-c5cccc(F)c5)cc4OC)ncc(O)c3c2)cc1.[C-]#[N+]c1cnc(-c2cc(Cl)c(-c3cccc(F)c3)cc2OC)c2ccc(S(=O)(=O)Cc3ccon3)cc12. The van der Waals surface area contributed by atoms with Gasteiger partial charge in [0.05, 0.1) is 98.9 Å². The lowest BCUT2D eigenvalue weighted by Gasteiger charge is -2.22. The van der Waals surface area contributed by atoms with E-state index in [-0.39, 0.29) is 73.5 Å². The molecule has 127 heavy (non-hydrogen) atoms. The highest BCUT2D eigenvalue weighted by atomic mass is 35.5. The number of fused-ring (bicyclic) bond motifs is 3. The number of aromatic hydroxyl groups is 1. The summed E-state index contributed by atoms with van der Waals surface area (Å²) < 4.78 is 169. The number of methoxy groups -OCH3 is 5. The van der Waals surface area contributed by atoms with E-state index in [1.165, 1.54) is 136 Å². The normalized spacial score (nSPS) is 11.5. The maximum Gasteiger partial charge on any atom is 0.265 e. The molecule has 6 aromatic heterocycles. The number of sulfone groups is 1. The number of ether oxygens (including phenoxy) is 5. The molecular weight excluding hydrogens is 1750 g/mol.